The van der Waals surface area contributed by atoms with E-state index in [1.165, 1.54) is 64.2 Å². The van der Waals surface area contributed by atoms with Gasteiger partial charge in [0.2, 0.25) is 0 Å². The van der Waals surface area contributed by atoms with E-state index < -0.39 is 17.6 Å². The van der Waals surface area contributed by atoms with Crippen molar-refractivity contribution in [1.29, 1.82) is 0 Å². The van der Waals surface area contributed by atoms with Gasteiger partial charge in [-0.05, 0) is 25.7 Å². The largest absolute Gasteiger partial charge is 0.503 e. The summed E-state index contributed by atoms with van der Waals surface area (Å²) in [6, 6.07) is 0. The molecule has 0 spiro atoms. The molecule has 156 valence electrons. The highest BCUT2D eigenvalue weighted by Crippen LogP contribution is 2.38. The fourth-order valence-corrected chi connectivity index (χ4v) is 9.64. The van der Waals surface area contributed by atoms with Gasteiger partial charge in [-0.3, -0.25) is 0 Å². The summed E-state index contributed by atoms with van der Waals surface area (Å²) in [5, 5.41) is 0. The first-order valence-corrected chi connectivity index (χ1v) is 13.5. The molecule has 0 aromatic carbocycles. The molecule has 2 rings (SSSR count). The molecule has 0 bridgehead atoms. The molecule has 0 heterocycles. The molecule has 0 atom stereocenters. The Morgan fingerprint density at radius 1 is 0.423 bits per heavy atom. The minimum Gasteiger partial charge on any atom is -0.377 e. The molecule has 0 saturated heterocycles. The predicted molar refractivity (Wildman–Crippen MR) is 107 cm³/mol. The molecular formula is C18H40O6Si2. The summed E-state index contributed by atoms with van der Waals surface area (Å²) < 4.78 is 32.8. The van der Waals surface area contributed by atoms with Crippen LogP contribution in [0.1, 0.15) is 64.2 Å². The predicted octanol–water partition coefficient (Wildman–Crippen LogP) is 4.40. The van der Waals surface area contributed by atoms with E-state index in [1.54, 1.807) is 42.7 Å². The van der Waals surface area contributed by atoms with Crippen LogP contribution < -0.4 is 0 Å². The van der Waals surface area contributed by atoms with Gasteiger partial charge in [0.15, 0.2) is 0 Å². The average Bonchev–Trinajstić information content (AvgIpc) is 2.74. The van der Waals surface area contributed by atoms with Gasteiger partial charge in [0.25, 0.3) is 0 Å². The van der Waals surface area contributed by atoms with Crippen molar-refractivity contribution in [2.24, 2.45) is 0 Å². The molecule has 26 heavy (non-hydrogen) atoms. The molecule has 2 aliphatic rings. The van der Waals surface area contributed by atoms with Crippen molar-refractivity contribution in [2.45, 2.75) is 75.3 Å². The zero-order chi connectivity index (χ0) is 19.5. The van der Waals surface area contributed by atoms with Crippen LogP contribution in [0, 0.1) is 0 Å². The Hall–Kier alpha value is 0.194. The molecular weight excluding hydrogens is 368 g/mol. The van der Waals surface area contributed by atoms with E-state index in [-0.39, 0.29) is 0 Å². The first kappa shape index (κ1) is 24.2. The summed E-state index contributed by atoms with van der Waals surface area (Å²) >= 11 is 0. The molecule has 2 fully saturated rings. The van der Waals surface area contributed by atoms with Crippen LogP contribution in [0.2, 0.25) is 11.1 Å². The highest BCUT2D eigenvalue weighted by Gasteiger charge is 2.47. The second kappa shape index (κ2) is 12.6. The lowest BCUT2D eigenvalue weighted by Crippen LogP contribution is -2.48. The molecule has 0 aromatic heterocycles. The van der Waals surface area contributed by atoms with Crippen molar-refractivity contribution >= 4 is 17.6 Å². The lowest BCUT2D eigenvalue weighted by Gasteiger charge is -2.34. The van der Waals surface area contributed by atoms with E-state index in [9.17, 15) is 0 Å². The highest BCUT2D eigenvalue weighted by molar-refractivity contribution is 6.62. The third-order valence-corrected chi connectivity index (χ3v) is 12.5. The Bertz CT molecular complexity index is 301. The maximum absolute atomic E-state index is 5.47. The van der Waals surface area contributed by atoms with E-state index in [0.29, 0.717) is 11.1 Å². The molecule has 0 radical (unpaired) electrons. The minimum atomic E-state index is -2.32. The summed E-state index contributed by atoms with van der Waals surface area (Å²) in [6.07, 6.45) is 12.6. The van der Waals surface area contributed by atoms with Crippen molar-refractivity contribution in [2.75, 3.05) is 42.7 Å². The van der Waals surface area contributed by atoms with Crippen molar-refractivity contribution in [3.8, 4) is 0 Å². The van der Waals surface area contributed by atoms with E-state index in [1.807, 2.05) is 0 Å². The second-order valence-corrected chi connectivity index (χ2v) is 13.6. The smallest absolute Gasteiger partial charge is 0.377 e. The van der Waals surface area contributed by atoms with Crippen molar-refractivity contribution < 1.29 is 26.6 Å². The number of hydrogen-bond donors (Lipinski definition) is 0. The summed E-state index contributed by atoms with van der Waals surface area (Å²) in [5.74, 6) is 0. The molecule has 8 heteroatoms. The van der Waals surface area contributed by atoms with Crippen LogP contribution in [-0.2, 0) is 26.6 Å². The Morgan fingerprint density at radius 3 is 0.846 bits per heavy atom. The summed E-state index contributed by atoms with van der Waals surface area (Å²) in [4.78, 5) is 0. The Labute approximate surface area is 162 Å². The van der Waals surface area contributed by atoms with Gasteiger partial charge in [0.1, 0.15) is 0 Å². The second-order valence-electron chi connectivity index (χ2n) is 7.10. The number of hydrogen-bond acceptors (Lipinski definition) is 6. The van der Waals surface area contributed by atoms with Gasteiger partial charge in [-0.25, -0.2) is 0 Å². The van der Waals surface area contributed by atoms with Crippen LogP contribution in [0.25, 0.3) is 0 Å². The first-order valence-electron chi connectivity index (χ1n) is 9.88. The minimum absolute atomic E-state index is 0.515. The zero-order valence-electron chi connectivity index (χ0n) is 17.7. The van der Waals surface area contributed by atoms with Gasteiger partial charge in [-0.15, -0.1) is 0 Å². The topological polar surface area (TPSA) is 55.4 Å². The van der Waals surface area contributed by atoms with Gasteiger partial charge in [-0.1, -0.05) is 38.5 Å². The van der Waals surface area contributed by atoms with Crippen molar-refractivity contribution in [1.82, 2.24) is 0 Å². The zero-order valence-corrected chi connectivity index (χ0v) is 19.7. The van der Waals surface area contributed by atoms with Crippen molar-refractivity contribution in [3.05, 3.63) is 0 Å². The first-order chi connectivity index (χ1) is 12.6. The van der Waals surface area contributed by atoms with Gasteiger partial charge in [-0.2, -0.15) is 0 Å². The summed E-state index contributed by atoms with van der Waals surface area (Å²) in [7, 11) is 5.58. The lowest BCUT2D eigenvalue weighted by atomic mass is 10.0. The normalized spacial score (nSPS) is 20.5. The van der Waals surface area contributed by atoms with Crippen LogP contribution in [0.5, 0.6) is 0 Å². The fourth-order valence-electron chi connectivity index (χ4n) is 4.41. The third-order valence-electron chi connectivity index (χ3n) is 5.92. The lowest BCUT2D eigenvalue weighted by molar-refractivity contribution is 0.104. The van der Waals surface area contributed by atoms with E-state index in [0.717, 1.165) is 0 Å². The summed E-state index contributed by atoms with van der Waals surface area (Å²) in [6.45, 7) is 0. The molecule has 0 aromatic rings. The maximum Gasteiger partial charge on any atom is 0.503 e. The molecule has 0 aliphatic heterocycles. The average molecular weight is 409 g/mol. The quantitative estimate of drug-likeness (QED) is 0.555. The van der Waals surface area contributed by atoms with Crippen LogP contribution in [0.4, 0.5) is 0 Å². The molecule has 0 unspecified atom stereocenters. The standard InChI is InChI=1S/2C9H20O3Si/c2*1-10-13(11-2,12-3)9-7-5-4-6-8-9/h2*9H,4-8H2,1-3H3. The van der Waals surface area contributed by atoms with Crippen LogP contribution >= 0.6 is 0 Å². The highest BCUT2D eigenvalue weighted by atomic mass is 28.4. The van der Waals surface area contributed by atoms with E-state index in [4.69, 9.17) is 26.6 Å². The SMILES string of the molecule is CO[Si](OC)(OC)C1CCCCC1.CO[Si](OC)(OC)C1CCCCC1. The summed E-state index contributed by atoms with van der Waals surface area (Å²) in [5.41, 5.74) is 1.03. The van der Waals surface area contributed by atoms with Crippen LogP contribution in [0.3, 0.4) is 0 Å². The van der Waals surface area contributed by atoms with Crippen molar-refractivity contribution in [3.63, 3.8) is 0 Å². The van der Waals surface area contributed by atoms with Crippen LogP contribution in [-0.4, -0.2) is 60.3 Å². The van der Waals surface area contributed by atoms with E-state index in [2.05, 4.69) is 0 Å². The van der Waals surface area contributed by atoms with Gasteiger partial charge in [0.05, 0.1) is 0 Å². The van der Waals surface area contributed by atoms with Gasteiger partial charge < -0.3 is 26.6 Å². The third kappa shape index (κ3) is 6.10. The van der Waals surface area contributed by atoms with Gasteiger partial charge in [0, 0.05) is 53.7 Å². The Balaban J connectivity index is 0.000000260. The molecule has 0 amide bonds. The van der Waals surface area contributed by atoms with E-state index >= 15 is 0 Å². The fraction of sp³-hybridized carbons (Fsp3) is 1.00. The molecule has 2 aliphatic carbocycles. The monoisotopic (exact) mass is 408 g/mol. The maximum atomic E-state index is 5.47. The Kier molecular flexibility index (Phi) is 11.8. The van der Waals surface area contributed by atoms with Crippen LogP contribution in [0.15, 0.2) is 0 Å². The molecule has 0 N–H and O–H groups in total. The molecule has 6 nitrogen and oxygen atoms in total. The molecule has 2 saturated carbocycles. The number of rotatable bonds is 8. The van der Waals surface area contributed by atoms with Gasteiger partial charge >= 0.3 is 17.6 Å². The Morgan fingerprint density at radius 2 is 0.654 bits per heavy atom.